The van der Waals surface area contributed by atoms with E-state index >= 15 is 0 Å². The molecule has 1 rings (SSSR count). The van der Waals surface area contributed by atoms with Crippen LogP contribution < -0.4 is 0 Å². The molecular weight excluding hydrogens is 176 g/mol. The summed E-state index contributed by atoms with van der Waals surface area (Å²) in [6.07, 6.45) is 5.28. The molecule has 0 aromatic heterocycles. The van der Waals surface area contributed by atoms with Gasteiger partial charge in [-0.05, 0) is 37.5 Å². The Morgan fingerprint density at radius 1 is 1.36 bits per heavy atom. The lowest BCUT2D eigenvalue weighted by Crippen LogP contribution is -2.41. The SMILES string of the molecule is COCCCC1(O)CC(C)CCC1C. The molecule has 0 amide bonds. The predicted molar refractivity (Wildman–Crippen MR) is 58.2 cm³/mol. The first-order valence-corrected chi connectivity index (χ1v) is 5.80. The molecule has 1 saturated carbocycles. The van der Waals surface area contributed by atoms with Gasteiger partial charge in [-0.2, -0.15) is 0 Å². The average molecular weight is 200 g/mol. The van der Waals surface area contributed by atoms with Gasteiger partial charge in [0.2, 0.25) is 0 Å². The van der Waals surface area contributed by atoms with E-state index in [0.717, 1.165) is 25.9 Å². The lowest BCUT2D eigenvalue weighted by Gasteiger charge is -2.41. The molecule has 2 nitrogen and oxygen atoms in total. The molecule has 0 radical (unpaired) electrons. The van der Waals surface area contributed by atoms with Crippen LogP contribution in [0.25, 0.3) is 0 Å². The van der Waals surface area contributed by atoms with Crippen LogP contribution in [0.4, 0.5) is 0 Å². The Kier molecular flexibility index (Phi) is 4.39. The number of hydrogen-bond acceptors (Lipinski definition) is 2. The molecule has 1 fully saturated rings. The molecule has 1 aliphatic carbocycles. The van der Waals surface area contributed by atoms with E-state index in [1.165, 1.54) is 12.8 Å². The van der Waals surface area contributed by atoms with E-state index < -0.39 is 5.60 Å². The molecule has 0 aliphatic heterocycles. The minimum absolute atomic E-state index is 0.420. The van der Waals surface area contributed by atoms with Crippen molar-refractivity contribution in [3.8, 4) is 0 Å². The van der Waals surface area contributed by atoms with Crippen LogP contribution in [0.1, 0.15) is 46.0 Å². The Balaban J connectivity index is 2.42. The maximum atomic E-state index is 10.5. The van der Waals surface area contributed by atoms with Crippen molar-refractivity contribution in [2.45, 2.75) is 51.6 Å². The summed E-state index contributed by atoms with van der Waals surface area (Å²) in [5.41, 5.74) is -0.420. The third kappa shape index (κ3) is 2.96. The fourth-order valence-corrected chi connectivity index (χ4v) is 2.58. The average Bonchev–Trinajstić information content (AvgIpc) is 2.13. The van der Waals surface area contributed by atoms with Crippen molar-refractivity contribution in [3.05, 3.63) is 0 Å². The van der Waals surface area contributed by atoms with Crippen molar-refractivity contribution in [1.82, 2.24) is 0 Å². The molecule has 1 aliphatic rings. The smallest absolute Gasteiger partial charge is 0.0676 e. The summed E-state index contributed by atoms with van der Waals surface area (Å²) in [7, 11) is 1.72. The Hall–Kier alpha value is -0.0800. The van der Waals surface area contributed by atoms with Crippen LogP contribution in [0, 0.1) is 11.8 Å². The summed E-state index contributed by atoms with van der Waals surface area (Å²) in [6.45, 7) is 5.19. The van der Waals surface area contributed by atoms with Crippen LogP contribution in [0.3, 0.4) is 0 Å². The first kappa shape index (κ1) is 12.0. The van der Waals surface area contributed by atoms with E-state index in [9.17, 15) is 5.11 Å². The predicted octanol–water partition coefficient (Wildman–Crippen LogP) is 2.60. The van der Waals surface area contributed by atoms with Crippen LogP contribution in [-0.2, 0) is 4.74 Å². The van der Waals surface area contributed by atoms with Crippen molar-refractivity contribution in [2.75, 3.05) is 13.7 Å². The van der Waals surface area contributed by atoms with Gasteiger partial charge in [-0.25, -0.2) is 0 Å². The molecule has 0 spiro atoms. The van der Waals surface area contributed by atoms with E-state index in [1.807, 2.05) is 0 Å². The minimum atomic E-state index is -0.420. The third-order valence-corrected chi connectivity index (χ3v) is 3.67. The fraction of sp³-hybridized carbons (Fsp3) is 1.00. The van der Waals surface area contributed by atoms with Gasteiger partial charge in [-0.15, -0.1) is 0 Å². The summed E-state index contributed by atoms with van der Waals surface area (Å²) >= 11 is 0. The van der Waals surface area contributed by atoms with E-state index in [0.29, 0.717) is 11.8 Å². The number of aliphatic hydroxyl groups is 1. The summed E-state index contributed by atoms with van der Waals surface area (Å²) in [5.74, 6) is 1.13. The standard InChI is InChI=1S/C12H24O2/c1-10-5-6-11(2)12(13,9-10)7-4-8-14-3/h10-11,13H,4-9H2,1-3H3. The van der Waals surface area contributed by atoms with Crippen LogP contribution in [0.2, 0.25) is 0 Å². The van der Waals surface area contributed by atoms with Crippen molar-refractivity contribution < 1.29 is 9.84 Å². The van der Waals surface area contributed by atoms with Crippen molar-refractivity contribution in [3.63, 3.8) is 0 Å². The fourth-order valence-electron chi connectivity index (χ4n) is 2.58. The highest BCUT2D eigenvalue weighted by molar-refractivity contribution is 4.89. The lowest BCUT2D eigenvalue weighted by molar-refractivity contribution is -0.0669. The molecule has 84 valence electrons. The topological polar surface area (TPSA) is 29.5 Å². The summed E-state index contributed by atoms with van der Waals surface area (Å²) < 4.78 is 5.03. The molecule has 1 N–H and O–H groups in total. The molecule has 0 aromatic rings. The van der Waals surface area contributed by atoms with Crippen LogP contribution in [0.15, 0.2) is 0 Å². The highest BCUT2D eigenvalue weighted by Crippen LogP contribution is 2.39. The Morgan fingerprint density at radius 2 is 2.07 bits per heavy atom. The zero-order valence-corrected chi connectivity index (χ0v) is 9.75. The van der Waals surface area contributed by atoms with E-state index in [2.05, 4.69) is 13.8 Å². The highest BCUT2D eigenvalue weighted by atomic mass is 16.5. The Bertz CT molecular complexity index is 170. The zero-order chi connectivity index (χ0) is 10.6. The van der Waals surface area contributed by atoms with Gasteiger partial charge in [-0.1, -0.05) is 20.3 Å². The second-order valence-corrected chi connectivity index (χ2v) is 4.99. The molecule has 0 aromatic carbocycles. The third-order valence-electron chi connectivity index (χ3n) is 3.67. The van der Waals surface area contributed by atoms with Crippen LogP contribution >= 0.6 is 0 Å². The van der Waals surface area contributed by atoms with Gasteiger partial charge in [-0.3, -0.25) is 0 Å². The Labute approximate surface area is 87.7 Å². The molecule has 0 bridgehead atoms. The number of rotatable bonds is 4. The number of hydrogen-bond donors (Lipinski definition) is 1. The maximum absolute atomic E-state index is 10.5. The van der Waals surface area contributed by atoms with Crippen molar-refractivity contribution in [2.24, 2.45) is 11.8 Å². The van der Waals surface area contributed by atoms with E-state index in [4.69, 9.17) is 4.74 Å². The Morgan fingerprint density at radius 3 is 2.71 bits per heavy atom. The lowest BCUT2D eigenvalue weighted by atomic mass is 9.70. The monoisotopic (exact) mass is 200 g/mol. The van der Waals surface area contributed by atoms with E-state index in [-0.39, 0.29) is 0 Å². The number of methoxy groups -OCH3 is 1. The second kappa shape index (κ2) is 5.13. The zero-order valence-electron chi connectivity index (χ0n) is 9.75. The molecule has 3 unspecified atom stereocenters. The largest absolute Gasteiger partial charge is 0.390 e. The van der Waals surface area contributed by atoms with Gasteiger partial charge >= 0.3 is 0 Å². The van der Waals surface area contributed by atoms with Gasteiger partial charge < -0.3 is 9.84 Å². The first-order valence-electron chi connectivity index (χ1n) is 5.80. The molecule has 14 heavy (non-hydrogen) atoms. The molecule has 0 heterocycles. The summed E-state index contributed by atoms with van der Waals surface area (Å²) in [6, 6.07) is 0. The molecule has 3 atom stereocenters. The summed E-state index contributed by atoms with van der Waals surface area (Å²) in [4.78, 5) is 0. The van der Waals surface area contributed by atoms with Crippen LogP contribution in [0.5, 0.6) is 0 Å². The van der Waals surface area contributed by atoms with Gasteiger partial charge in [0.05, 0.1) is 5.60 Å². The van der Waals surface area contributed by atoms with Crippen LogP contribution in [-0.4, -0.2) is 24.4 Å². The molecular formula is C12H24O2. The minimum Gasteiger partial charge on any atom is -0.390 e. The normalized spacial score (nSPS) is 38.6. The summed E-state index contributed by atoms with van der Waals surface area (Å²) in [5, 5.41) is 10.5. The van der Waals surface area contributed by atoms with Crippen molar-refractivity contribution >= 4 is 0 Å². The maximum Gasteiger partial charge on any atom is 0.0676 e. The highest BCUT2D eigenvalue weighted by Gasteiger charge is 2.37. The van der Waals surface area contributed by atoms with Crippen molar-refractivity contribution in [1.29, 1.82) is 0 Å². The number of ether oxygens (including phenoxy) is 1. The second-order valence-electron chi connectivity index (χ2n) is 4.99. The van der Waals surface area contributed by atoms with Gasteiger partial charge in [0.15, 0.2) is 0 Å². The van der Waals surface area contributed by atoms with E-state index in [1.54, 1.807) is 7.11 Å². The molecule has 2 heteroatoms. The molecule has 0 saturated heterocycles. The van der Waals surface area contributed by atoms with Gasteiger partial charge in [0.1, 0.15) is 0 Å². The first-order chi connectivity index (χ1) is 6.58. The van der Waals surface area contributed by atoms with Gasteiger partial charge in [0.25, 0.3) is 0 Å². The van der Waals surface area contributed by atoms with Gasteiger partial charge in [0, 0.05) is 13.7 Å². The quantitative estimate of drug-likeness (QED) is 0.707.